The summed E-state index contributed by atoms with van der Waals surface area (Å²) in [7, 11) is 0. The molecule has 1 fully saturated rings. The first-order valence-corrected chi connectivity index (χ1v) is 10.5. The number of nitrogens with one attached hydrogen (secondary N) is 1. The van der Waals surface area contributed by atoms with E-state index in [4.69, 9.17) is 34.8 Å². The van der Waals surface area contributed by atoms with Crippen LogP contribution >= 0.6 is 34.8 Å². The number of carbonyl (C=O) groups excluding carboxylic acids is 1. The zero-order valence-electron chi connectivity index (χ0n) is 15.8. The molecule has 150 valence electrons. The smallest absolute Gasteiger partial charge is 0.234 e. The van der Waals surface area contributed by atoms with Gasteiger partial charge in [-0.15, -0.1) is 0 Å². The Morgan fingerprint density at radius 1 is 0.964 bits per heavy atom. The molecule has 2 aromatic carbocycles. The molecular weight excluding hydrogens is 417 g/mol. The highest BCUT2D eigenvalue weighted by Crippen LogP contribution is 2.26. The van der Waals surface area contributed by atoms with Gasteiger partial charge in [0.05, 0.1) is 12.6 Å². The van der Waals surface area contributed by atoms with Crippen LogP contribution < -0.4 is 5.32 Å². The molecule has 0 radical (unpaired) electrons. The van der Waals surface area contributed by atoms with Gasteiger partial charge in [-0.2, -0.15) is 0 Å². The summed E-state index contributed by atoms with van der Waals surface area (Å²) in [5.74, 6) is 0.00432. The van der Waals surface area contributed by atoms with E-state index >= 15 is 0 Å². The molecule has 7 heteroatoms. The zero-order valence-corrected chi connectivity index (χ0v) is 18.1. The Kier molecular flexibility index (Phi) is 7.61. The molecule has 1 aliphatic heterocycles. The number of hydrogen-bond acceptors (Lipinski definition) is 3. The molecule has 1 atom stereocenters. The lowest BCUT2D eigenvalue weighted by Crippen LogP contribution is -2.49. The molecule has 1 aliphatic rings. The molecule has 0 spiro atoms. The van der Waals surface area contributed by atoms with Gasteiger partial charge in [0.25, 0.3) is 0 Å². The molecular formula is C21H24Cl3N3O. The van der Waals surface area contributed by atoms with Gasteiger partial charge in [-0.1, -0.05) is 53.0 Å². The van der Waals surface area contributed by atoms with E-state index in [1.54, 1.807) is 12.1 Å². The highest BCUT2D eigenvalue weighted by Gasteiger charge is 2.20. The molecule has 1 amide bonds. The van der Waals surface area contributed by atoms with Gasteiger partial charge in [0.15, 0.2) is 0 Å². The second-order valence-electron chi connectivity index (χ2n) is 7.13. The lowest BCUT2D eigenvalue weighted by atomic mass is 10.1. The number of nitrogens with zero attached hydrogens (tertiary/aromatic N) is 2. The SMILES string of the molecule is C[C@H](NC(=O)CN1CCN(Cc2ccc(Cl)cc2)CC1)c1ccc(Cl)cc1Cl. The molecule has 0 aromatic heterocycles. The van der Waals surface area contributed by atoms with Crippen LogP contribution in [0.4, 0.5) is 0 Å². The molecule has 4 nitrogen and oxygen atoms in total. The van der Waals surface area contributed by atoms with Crippen molar-refractivity contribution >= 4 is 40.7 Å². The fourth-order valence-electron chi connectivity index (χ4n) is 3.37. The van der Waals surface area contributed by atoms with Crippen LogP contribution in [0.3, 0.4) is 0 Å². The van der Waals surface area contributed by atoms with Gasteiger partial charge in [0.1, 0.15) is 0 Å². The third-order valence-electron chi connectivity index (χ3n) is 4.96. The Hall–Kier alpha value is -1.30. The average molecular weight is 441 g/mol. The van der Waals surface area contributed by atoms with Crippen molar-refractivity contribution in [3.8, 4) is 0 Å². The Labute approximate surface area is 181 Å². The summed E-state index contributed by atoms with van der Waals surface area (Å²) in [4.78, 5) is 17.0. The summed E-state index contributed by atoms with van der Waals surface area (Å²) in [6.07, 6.45) is 0. The number of benzene rings is 2. The van der Waals surface area contributed by atoms with Gasteiger partial charge >= 0.3 is 0 Å². The first-order chi connectivity index (χ1) is 13.4. The minimum atomic E-state index is -0.163. The Bertz CT molecular complexity index is 805. The van der Waals surface area contributed by atoms with Crippen LogP contribution in [0.25, 0.3) is 0 Å². The van der Waals surface area contributed by atoms with Crippen molar-refractivity contribution < 1.29 is 4.79 Å². The Balaban J connectivity index is 1.43. The Morgan fingerprint density at radius 3 is 2.21 bits per heavy atom. The topological polar surface area (TPSA) is 35.6 Å². The second-order valence-corrected chi connectivity index (χ2v) is 8.41. The normalized spacial score (nSPS) is 16.7. The standard InChI is InChI=1S/C21H24Cl3N3O/c1-15(19-7-6-18(23)12-20(19)24)25-21(28)14-27-10-8-26(9-11-27)13-16-2-4-17(22)5-3-16/h2-7,12,15H,8-11,13-14H2,1H3,(H,25,28)/t15-/m0/s1. The Morgan fingerprint density at radius 2 is 1.57 bits per heavy atom. The van der Waals surface area contributed by atoms with Crippen LogP contribution in [-0.2, 0) is 11.3 Å². The first-order valence-electron chi connectivity index (χ1n) is 9.34. The maximum absolute atomic E-state index is 12.4. The molecule has 0 unspecified atom stereocenters. The van der Waals surface area contributed by atoms with E-state index < -0.39 is 0 Å². The van der Waals surface area contributed by atoms with Gasteiger partial charge < -0.3 is 5.32 Å². The van der Waals surface area contributed by atoms with Crippen molar-refractivity contribution in [1.82, 2.24) is 15.1 Å². The highest BCUT2D eigenvalue weighted by atomic mass is 35.5. The van der Waals surface area contributed by atoms with Gasteiger partial charge in [0, 0.05) is 47.8 Å². The van der Waals surface area contributed by atoms with Crippen LogP contribution in [0.5, 0.6) is 0 Å². The summed E-state index contributed by atoms with van der Waals surface area (Å²) < 4.78 is 0. The third-order valence-corrected chi connectivity index (χ3v) is 5.77. The molecule has 0 aliphatic carbocycles. The van der Waals surface area contributed by atoms with Crippen LogP contribution in [-0.4, -0.2) is 48.4 Å². The second kappa shape index (κ2) is 9.95. The summed E-state index contributed by atoms with van der Waals surface area (Å²) in [6, 6.07) is 13.1. The van der Waals surface area contributed by atoms with Crippen LogP contribution in [0.15, 0.2) is 42.5 Å². The summed E-state index contributed by atoms with van der Waals surface area (Å²) in [5, 5.41) is 4.94. The van der Waals surface area contributed by atoms with Crippen molar-refractivity contribution in [2.75, 3.05) is 32.7 Å². The molecule has 28 heavy (non-hydrogen) atoms. The zero-order chi connectivity index (χ0) is 20.1. The number of piperazine rings is 1. The number of hydrogen-bond donors (Lipinski definition) is 1. The molecule has 2 aromatic rings. The predicted octanol–water partition coefficient (Wildman–Crippen LogP) is 4.64. The van der Waals surface area contributed by atoms with E-state index in [2.05, 4.69) is 27.2 Å². The van der Waals surface area contributed by atoms with E-state index in [-0.39, 0.29) is 11.9 Å². The van der Waals surface area contributed by atoms with E-state index in [1.807, 2.05) is 25.1 Å². The van der Waals surface area contributed by atoms with E-state index in [0.29, 0.717) is 16.6 Å². The summed E-state index contributed by atoms with van der Waals surface area (Å²) in [6.45, 7) is 6.85. The molecule has 3 rings (SSSR count). The fraction of sp³-hybridized carbons (Fsp3) is 0.381. The minimum Gasteiger partial charge on any atom is -0.348 e. The van der Waals surface area contributed by atoms with Crippen LogP contribution in [0.1, 0.15) is 24.1 Å². The van der Waals surface area contributed by atoms with Gasteiger partial charge in [-0.25, -0.2) is 0 Å². The van der Waals surface area contributed by atoms with E-state index in [9.17, 15) is 4.79 Å². The predicted molar refractivity (Wildman–Crippen MR) is 116 cm³/mol. The van der Waals surface area contributed by atoms with Crippen molar-refractivity contribution in [2.45, 2.75) is 19.5 Å². The maximum atomic E-state index is 12.4. The summed E-state index contributed by atoms with van der Waals surface area (Å²) in [5.41, 5.74) is 2.12. The van der Waals surface area contributed by atoms with Crippen molar-refractivity contribution in [3.05, 3.63) is 68.7 Å². The molecule has 1 heterocycles. The number of amides is 1. The third kappa shape index (κ3) is 6.10. The quantitative estimate of drug-likeness (QED) is 0.710. The van der Waals surface area contributed by atoms with E-state index in [1.165, 1.54) is 5.56 Å². The minimum absolute atomic E-state index is 0.00432. The average Bonchev–Trinajstić information content (AvgIpc) is 2.65. The number of carbonyl (C=O) groups is 1. The van der Waals surface area contributed by atoms with Gasteiger partial charge in [-0.05, 0) is 42.3 Å². The maximum Gasteiger partial charge on any atom is 0.234 e. The lowest BCUT2D eigenvalue weighted by molar-refractivity contribution is -0.123. The first kappa shape index (κ1) is 21.4. The van der Waals surface area contributed by atoms with Crippen LogP contribution in [0.2, 0.25) is 15.1 Å². The lowest BCUT2D eigenvalue weighted by Gasteiger charge is -2.34. The summed E-state index contributed by atoms with van der Waals surface area (Å²) >= 11 is 18.1. The fourth-order valence-corrected chi connectivity index (χ4v) is 4.07. The highest BCUT2D eigenvalue weighted by molar-refractivity contribution is 6.35. The van der Waals surface area contributed by atoms with Crippen LogP contribution in [0, 0.1) is 0 Å². The van der Waals surface area contributed by atoms with Gasteiger partial charge in [0.2, 0.25) is 5.91 Å². The molecule has 0 saturated carbocycles. The molecule has 0 bridgehead atoms. The van der Waals surface area contributed by atoms with Crippen molar-refractivity contribution in [1.29, 1.82) is 0 Å². The molecule has 1 saturated heterocycles. The van der Waals surface area contributed by atoms with E-state index in [0.717, 1.165) is 43.3 Å². The number of halogens is 3. The van der Waals surface area contributed by atoms with Gasteiger partial charge in [-0.3, -0.25) is 14.6 Å². The number of rotatable bonds is 6. The largest absolute Gasteiger partial charge is 0.348 e. The monoisotopic (exact) mass is 439 g/mol. The van der Waals surface area contributed by atoms with Crippen molar-refractivity contribution in [2.24, 2.45) is 0 Å². The molecule has 1 N–H and O–H groups in total. The van der Waals surface area contributed by atoms with Crippen molar-refractivity contribution in [3.63, 3.8) is 0 Å².